The number of phenolic OH excluding ortho intramolecular Hbond substituents is 2. The van der Waals surface area contributed by atoms with Gasteiger partial charge >= 0.3 is 23.9 Å². The van der Waals surface area contributed by atoms with Gasteiger partial charge in [0.2, 0.25) is 0 Å². The molecule has 0 fully saturated rings. The number of aromatic hydroxyl groups is 2. The van der Waals surface area contributed by atoms with Crippen LogP contribution in [-0.2, 0) is 14.2 Å². The summed E-state index contributed by atoms with van der Waals surface area (Å²) in [6.45, 7) is 18.1. The van der Waals surface area contributed by atoms with Crippen LogP contribution in [-0.4, -0.2) is 103 Å². The number of carbonyl (C=O) groups excluding carboxylic acids is 6. The number of nitrogens with zero attached hydrogens (tertiary/aromatic N) is 6. The van der Waals surface area contributed by atoms with Gasteiger partial charge in [0.1, 0.15) is 28.3 Å². The molecule has 3 aromatic heterocycles. The molecule has 0 radical (unpaired) electrons. The number of anilines is 4. The number of benzene rings is 11. The van der Waals surface area contributed by atoms with Crippen LogP contribution in [0, 0.1) is 6.92 Å². The van der Waals surface area contributed by atoms with E-state index in [4.69, 9.17) is 19.9 Å². The monoisotopic (exact) mass is 1580 g/mol. The molecule has 0 unspecified atom stereocenters. The number of nitrogens with one attached hydrogen (secondary N) is 3. The SMILES string of the molecule is CC(C)(C)OC(=O)c1ccc(-c2ccccc2)cc1N.CC(C)(C)OC(=O)c1ccc(-c2ccccc2)cc1NC(=O)c1ccc(-n2cccn2)cc1O.Cc1cc(-n2cccn2)ccc1C(=O)Nc1cc(-c2ccccc2)ccc1C(=O)OC(C)(C)C.O=C(Nc1cc(-c2ccccc2)ccc1C(=O)O)c1ccc(-n2cccn2)cc1O. The second-order valence-electron chi connectivity index (χ2n) is 30.0. The van der Waals surface area contributed by atoms with Gasteiger partial charge in [0.15, 0.2) is 0 Å². The van der Waals surface area contributed by atoms with Crippen LogP contribution in [0.4, 0.5) is 22.7 Å². The van der Waals surface area contributed by atoms with E-state index in [9.17, 15) is 48.9 Å². The lowest BCUT2D eigenvalue weighted by molar-refractivity contribution is 0.00580. The van der Waals surface area contributed by atoms with Gasteiger partial charge < -0.3 is 51.2 Å². The van der Waals surface area contributed by atoms with Gasteiger partial charge in [-0.1, -0.05) is 146 Å². The normalized spacial score (nSPS) is 11.0. The molecule has 0 bridgehead atoms. The molecule has 14 rings (SSSR count). The van der Waals surface area contributed by atoms with Crippen LogP contribution in [0.2, 0.25) is 0 Å². The number of ether oxygens (including phenoxy) is 3. The molecule has 3 amide bonds. The third-order valence-corrected chi connectivity index (χ3v) is 17.6. The van der Waals surface area contributed by atoms with Crippen molar-refractivity contribution in [2.24, 2.45) is 0 Å². The van der Waals surface area contributed by atoms with Gasteiger partial charge in [-0.05, 0) is 229 Å². The number of aromatic nitrogens is 6. The van der Waals surface area contributed by atoms with Crippen LogP contribution < -0.4 is 21.7 Å². The predicted octanol–water partition coefficient (Wildman–Crippen LogP) is 19.6. The number of carbonyl (C=O) groups is 7. The molecule has 23 nitrogen and oxygen atoms in total. The largest absolute Gasteiger partial charge is 0.507 e. The van der Waals surface area contributed by atoms with E-state index in [2.05, 4.69) is 31.2 Å². The maximum atomic E-state index is 13.3. The Morgan fingerprint density at radius 3 is 0.898 bits per heavy atom. The summed E-state index contributed by atoms with van der Waals surface area (Å²) in [6, 6.07) is 79.3. The molecule has 8 N–H and O–H groups in total. The van der Waals surface area contributed by atoms with Crippen molar-refractivity contribution in [3.63, 3.8) is 0 Å². The average Bonchev–Trinajstić information content (AvgIpc) is 0.816. The number of amides is 3. The second-order valence-corrected chi connectivity index (χ2v) is 30.0. The number of hydrogen-bond donors (Lipinski definition) is 7. The van der Waals surface area contributed by atoms with Crippen LogP contribution in [0.5, 0.6) is 11.5 Å². The van der Waals surface area contributed by atoms with E-state index in [-0.39, 0.29) is 51.0 Å². The molecule has 596 valence electrons. The summed E-state index contributed by atoms with van der Waals surface area (Å²) < 4.78 is 21.3. The fourth-order valence-corrected chi connectivity index (χ4v) is 12.1. The van der Waals surface area contributed by atoms with Gasteiger partial charge in [-0.2, -0.15) is 15.3 Å². The summed E-state index contributed by atoms with van der Waals surface area (Å²) in [5.41, 5.74) is 17.0. The van der Waals surface area contributed by atoms with Gasteiger partial charge in [0.05, 0.1) is 67.5 Å². The first-order valence-electron chi connectivity index (χ1n) is 37.5. The van der Waals surface area contributed by atoms with E-state index in [1.54, 1.807) is 151 Å². The lowest BCUT2D eigenvalue weighted by Crippen LogP contribution is -2.25. The van der Waals surface area contributed by atoms with Crippen molar-refractivity contribution in [1.29, 1.82) is 0 Å². The molecule has 11 aromatic carbocycles. The topological polar surface area (TPSA) is 323 Å². The van der Waals surface area contributed by atoms with E-state index in [0.29, 0.717) is 39.4 Å². The van der Waals surface area contributed by atoms with Gasteiger partial charge in [0, 0.05) is 60.6 Å². The van der Waals surface area contributed by atoms with Gasteiger partial charge in [-0.3, -0.25) is 14.4 Å². The minimum Gasteiger partial charge on any atom is -0.507 e. The number of nitrogens with two attached hydrogens (primary N) is 1. The molecule has 14 aromatic rings. The van der Waals surface area contributed by atoms with Crippen LogP contribution in [0.25, 0.3) is 61.6 Å². The molecule has 0 saturated carbocycles. The van der Waals surface area contributed by atoms with E-state index < -0.39 is 52.5 Å². The lowest BCUT2D eigenvalue weighted by atomic mass is 10.0. The minimum absolute atomic E-state index is 0.0207. The summed E-state index contributed by atoms with van der Waals surface area (Å²) >= 11 is 0. The quantitative estimate of drug-likeness (QED) is 0.0253. The van der Waals surface area contributed by atoms with Crippen LogP contribution in [0.1, 0.15) is 140 Å². The predicted molar refractivity (Wildman–Crippen MR) is 457 cm³/mol. The highest BCUT2D eigenvalue weighted by Crippen LogP contribution is 2.34. The fraction of sp³-hybridized carbons (Fsp3) is 0.137. The van der Waals surface area contributed by atoms with Crippen LogP contribution >= 0.6 is 0 Å². The number of rotatable bonds is 17. The molecule has 0 spiro atoms. The summed E-state index contributed by atoms with van der Waals surface area (Å²) in [5, 5.41) is 51.1. The van der Waals surface area contributed by atoms with E-state index >= 15 is 0 Å². The van der Waals surface area contributed by atoms with E-state index in [1.807, 2.05) is 206 Å². The zero-order valence-corrected chi connectivity index (χ0v) is 66.6. The molecule has 118 heavy (non-hydrogen) atoms. The summed E-state index contributed by atoms with van der Waals surface area (Å²) in [6.07, 6.45) is 10.2. The van der Waals surface area contributed by atoms with E-state index in [0.717, 1.165) is 55.8 Å². The van der Waals surface area contributed by atoms with Crippen molar-refractivity contribution >= 4 is 64.3 Å². The van der Waals surface area contributed by atoms with Crippen molar-refractivity contribution in [3.8, 4) is 73.1 Å². The minimum atomic E-state index is -1.16. The van der Waals surface area contributed by atoms with Crippen molar-refractivity contribution in [3.05, 3.63) is 349 Å². The highest BCUT2D eigenvalue weighted by molar-refractivity contribution is 6.12. The van der Waals surface area contributed by atoms with Crippen molar-refractivity contribution in [2.75, 3.05) is 21.7 Å². The van der Waals surface area contributed by atoms with Crippen LogP contribution in [0.3, 0.4) is 0 Å². The van der Waals surface area contributed by atoms with Gasteiger partial charge in [0.25, 0.3) is 17.7 Å². The average molecular weight is 1580 g/mol. The molecule has 3 heterocycles. The third-order valence-electron chi connectivity index (χ3n) is 17.6. The highest BCUT2D eigenvalue weighted by atomic mass is 16.6. The van der Waals surface area contributed by atoms with Crippen molar-refractivity contribution < 1.29 is 63.1 Å². The van der Waals surface area contributed by atoms with Gasteiger partial charge in [-0.15, -0.1) is 0 Å². The Labute approximate surface area is 682 Å². The number of hydrogen-bond acceptors (Lipinski definition) is 16. The first kappa shape index (κ1) is 83.7. The van der Waals surface area contributed by atoms with Crippen molar-refractivity contribution in [1.82, 2.24) is 29.3 Å². The standard InChI is InChI=1S/C28H27N3O3.C27H25N3O4.C23H17N3O4.C17H19NO2/c1-19-17-22(31-16-8-15-29-31)12-14-23(19)26(32)30-25-18-21(20-9-6-5-7-10-20)11-13-24(25)27(33)34-28(2,3)4;1-27(2,3)34-26(33)21-12-10-19(18-8-5-4-6-9-18)16-23(21)29-25(32)22-13-11-20(17-24(22)31)30-15-7-14-28-30;27-21-14-17(26-12-4-11-24-26)8-10-19(21)22(28)25-20-13-16(7-9-18(20)23(29)30)15-5-2-1-3-6-15;1-17(2,3)20-16(19)14-10-9-13(11-15(14)18)12-7-5-4-6-8-12/h5-18H,1-4H3,(H,30,32);4-17,31H,1-3H3,(H,29,32);1-14,27H,(H,25,28)(H,29,30);4-11H,18H2,1-3H3. The second kappa shape index (κ2) is 37.1. The first-order valence-corrected chi connectivity index (χ1v) is 37.5. The fourth-order valence-electron chi connectivity index (χ4n) is 12.1. The molecule has 0 aliphatic heterocycles. The number of carboxylic acids is 1. The summed E-state index contributed by atoms with van der Waals surface area (Å²) in [7, 11) is 0. The molecule has 0 aliphatic rings. The molecule has 0 atom stereocenters. The Hall–Kier alpha value is -15.3. The Balaban J connectivity index is 0.000000157. The Morgan fingerprint density at radius 1 is 0.322 bits per heavy atom. The molecule has 0 aliphatic carbocycles. The first-order chi connectivity index (χ1) is 56.3. The Kier molecular flexibility index (Phi) is 26.3. The van der Waals surface area contributed by atoms with Gasteiger partial charge in [-0.25, -0.2) is 33.2 Å². The number of esters is 3. The number of aryl methyl sites for hydroxylation is 1. The smallest absolute Gasteiger partial charge is 0.340 e. The zero-order valence-electron chi connectivity index (χ0n) is 66.6. The van der Waals surface area contributed by atoms with E-state index in [1.165, 1.54) is 30.3 Å². The summed E-state index contributed by atoms with van der Waals surface area (Å²) in [5.74, 6) is -4.53. The zero-order chi connectivity index (χ0) is 84.4. The third kappa shape index (κ3) is 22.4. The molecular formula is C95H88N10O13. The van der Waals surface area contributed by atoms with Crippen LogP contribution in [0.15, 0.2) is 304 Å². The molecule has 23 heteroatoms. The molecule has 0 saturated heterocycles. The Bertz CT molecular complexity index is 5690. The van der Waals surface area contributed by atoms with Crippen molar-refractivity contribution in [2.45, 2.75) is 86.0 Å². The number of nitrogen functional groups attached to an aromatic ring is 1. The maximum Gasteiger partial charge on any atom is 0.340 e. The highest BCUT2D eigenvalue weighted by Gasteiger charge is 2.27. The number of aromatic carboxylic acids is 1. The summed E-state index contributed by atoms with van der Waals surface area (Å²) in [4.78, 5) is 88.5. The Morgan fingerprint density at radius 2 is 0.602 bits per heavy atom. The maximum absolute atomic E-state index is 13.3. The lowest BCUT2D eigenvalue weighted by Gasteiger charge is -2.21. The number of carboxylic acid groups (broad SMARTS) is 1. The number of phenols is 2. The molecular weight excluding hydrogens is 1490 g/mol.